The van der Waals surface area contributed by atoms with Crippen LogP contribution in [0, 0.1) is 0 Å². The molecule has 0 saturated carbocycles. The molecule has 0 bridgehead atoms. The molecule has 0 saturated heterocycles. The van der Waals surface area contributed by atoms with Crippen molar-refractivity contribution >= 4 is 11.6 Å². The van der Waals surface area contributed by atoms with Crippen molar-refractivity contribution < 1.29 is 9.13 Å². The van der Waals surface area contributed by atoms with Gasteiger partial charge in [0.15, 0.2) is 0 Å². The van der Waals surface area contributed by atoms with E-state index >= 15 is 0 Å². The van der Waals surface area contributed by atoms with Gasteiger partial charge >= 0.3 is 0 Å². The molecular formula is C13H10ClFO. The minimum absolute atomic E-state index is 0.500. The molecule has 0 radical (unpaired) electrons. The Hall–Kier alpha value is -1.54. The standard InChI is InChI=1S/C13H10ClFO/c14-13-7-2-1-6-12(13)10-4-3-5-11(8-10)16-9-15/h1-8H,9H2. The van der Waals surface area contributed by atoms with Gasteiger partial charge in [-0.2, -0.15) is 0 Å². The Bertz CT molecular complexity index is 485. The van der Waals surface area contributed by atoms with E-state index in [9.17, 15) is 4.39 Å². The third-order valence-corrected chi connectivity index (χ3v) is 2.57. The predicted octanol–water partition coefficient (Wildman–Crippen LogP) is 4.31. The van der Waals surface area contributed by atoms with Gasteiger partial charge in [0.1, 0.15) is 5.75 Å². The molecule has 0 aliphatic rings. The lowest BCUT2D eigenvalue weighted by molar-refractivity contribution is 0.192. The summed E-state index contributed by atoms with van der Waals surface area (Å²) in [6.07, 6.45) is 0. The molecule has 0 heterocycles. The van der Waals surface area contributed by atoms with Crippen molar-refractivity contribution in [1.82, 2.24) is 0 Å². The van der Waals surface area contributed by atoms with Crippen LogP contribution >= 0.6 is 11.6 Å². The molecule has 0 fully saturated rings. The zero-order valence-corrected chi connectivity index (χ0v) is 9.25. The fourth-order valence-corrected chi connectivity index (χ4v) is 1.76. The summed E-state index contributed by atoms with van der Waals surface area (Å²) in [5, 5.41) is 0.667. The van der Waals surface area contributed by atoms with E-state index in [1.165, 1.54) is 0 Å². The van der Waals surface area contributed by atoms with Gasteiger partial charge in [-0.25, -0.2) is 4.39 Å². The van der Waals surface area contributed by atoms with E-state index in [0.717, 1.165) is 11.1 Å². The van der Waals surface area contributed by atoms with Gasteiger partial charge < -0.3 is 4.74 Å². The highest BCUT2D eigenvalue weighted by Crippen LogP contribution is 2.29. The fraction of sp³-hybridized carbons (Fsp3) is 0.0769. The number of alkyl halides is 1. The smallest absolute Gasteiger partial charge is 0.228 e. The molecule has 0 unspecified atom stereocenters. The van der Waals surface area contributed by atoms with E-state index in [0.29, 0.717) is 10.8 Å². The van der Waals surface area contributed by atoms with Crippen LogP contribution in [0.4, 0.5) is 4.39 Å². The largest absolute Gasteiger partial charge is 0.463 e. The number of hydrogen-bond donors (Lipinski definition) is 0. The quantitative estimate of drug-likeness (QED) is 0.772. The highest BCUT2D eigenvalue weighted by atomic mass is 35.5. The van der Waals surface area contributed by atoms with Gasteiger partial charge in [0, 0.05) is 10.6 Å². The van der Waals surface area contributed by atoms with Crippen LogP contribution in [0.1, 0.15) is 0 Å². The molecule has 0 aromatic heterocycles. The summed E-state index contributed by atoms with van der Waals surface area (Å²) in [5.41, 5.74) is 1.82. The minimum atomic E-state index is -0.827. The van der Waals surface area contributed by atoms with Crippen molar-refractivity contribution in [3.8, 4) is 16.9 Å². The van der Waals surface area contributed by atoms with Gasteiger partial charge in [0.05, 0.1) is 0 Å². The molecule has 0 amide bonds. The van der Waals surface area contributed by atoms with Gasteiger partial charge in [0.2, 0.25) is 6.86 Å². The first-order valence-electron chi connectivity index (χ1n) is 4.85. The van der Waals surface area contributed by atoms with Gasteiger partial charge in [-0.15, -0.1) is 0 Å². The van der Waals surface area contributed by atoms with Crippen molar-refractivity contribution in [2.45, 2.75) is 0 Å². The Morgan fingerprint density at radius 3 is 2.62 bits per heavy atom. The summed E-state index contributed by atoms with van der Waals surface area (Å²) < 4.78 is 16.8. The first kappa shape index (κ1) is 11.0. The molecule has 3 heteroatoms. The van der Waals surface area contributed by atoms with Gasteiger partial charge in [-0.3, -0.25) is 0 Å². The van der Waals surface area contributed by atoms with Gasteiger partial charge in [-0.05, 0) is 23.8 Å². The Balaban J connectivity index is 2.40. The van der Waals surface area contributed by atoms with Gasteiger partial charge in [0.25, 0.3) is 0 Å². The third-order valence-electron chi connectivity index (χ3n) is 2.24. The van der Waals surface area contributed by atoms with Crippen LogP contribution in [-0.4, -0.2) is 6.86 Å². The second kappa shape index (κ2) is 4.99. The molecule has 2 rings (SSSR count). The van der Waals surface area contributed by atoms with Crippen LogP contribution in [0.15, 0.2) is 48.5 Å². The van der Waals surface area contributed by atoms with E-state index in [1.807, 2.05) is 36.4 Å². The average Bonchev–Trinajstić information content (AvgIpc) is 2.30. The molecule has 2 aromatic rings. The number of hydrogen-bond acceptors (Lipinski definition) is 1. The number of benzene rings is 2. The fourth-order valence-electron chi connectivity index (χ4n) is 1.51. The van der Waals surface area contributed by atoms with Crippen LogP contribution in [0.25, 0.3) is 11.1 Å². The van der Waals surface area contributed by atoms with Crippen molar-refractivity contribution in [2.24, 2.45) is 0 Å². The second-order valence-corrected chi connectivity index (χ2v) is 3.67. The second-order valence-electron chi connectivity index (χ2n) is 3.26. The van der Waals surface area contributed by atoms with Crippen molar-refractivity contribution in [3.63, 3.8) is 0 Å². The first-order valence-corrected chi connectivity index (χ1v) is 5.23. The lowest BCUT2D eigenvalue weighted by atomic mass is 10.1. The lowest BCUT2D eigenvalue weighted by Gasteiger charge is -2.06. The van der Waals surface area contributed by atoms with Crippen LogP contribution in [-0.2, 0) is 0 Å². The highest BCUT2D eigenvalue weighted by molar-refractivity contribution is 6.33. The Morgan fingerprint density at radius 1 is 1.06 bits per heavy atom. The Morgan fingerprint density at radius 2 is 1.88 bits per heavy atom. The van der Waals surface area contributed by atoms with Crippen molar-refractivity contribution in [1.29, 1.82) is 0 Å². The highest BCUT2D eigenvalue weighted by Gasteiger charge is 2.03. The predicted molar refractivity (Wildman–Crippen MR) is 63.5 cm³/mol. The molecule has 2 aromatic carbocycles. The first-order chi connectivity index (χ1) is 7.81. The zero-order valence-electron chi connectivity index (χ0n) is 8.49. The average molecular weight is 237 g/mol. The maximum Gasteiger partial charge on any atom is 0.228 e. The van der Waals surface area contributed by atoms with E-state index < -0.39 is 6.86 Å². The molecular weight excluding hydrogens is 227 g/mol. The zero-order chi connectivity index (χ0) is 11.4. The van der Waals surface area contributed by atoms with E-state index in [4.69, 9.17) is 16.3 Å². The van der Waals surface area contributed by atoms with Crippen molar-refractivity contribution in [3.05, 3.63) is 53.6 Å². The number of rotatable bonds is 3. The number of ether oxygens (including phenoxy) is 1. The van der Waals surface area contributed by atoms with E-state index in [-0.39, 0.29) is 0 Å². The molecule has 82 valence electrons. The van der Waals surface area contributed by atoms with E-state index in [1.54, 1.807) is 12.1 Å². The van der Waals surface area contributed by atoms with Crippen LogP contribution in [0.5, 0.6) is 5.75 Å². The van der Waals surface area contributed by atoms with Gasteiger partial charge in [-0.1, -0.05) is 41.9 Å². The van der Waals surface area contributed by atoms with E-state index in [2.05, 4.69) is 0 Å². The molecule has 0 aliphatic carbocycles. The summed E-state index contributed by atoms with van der Waals surface area (Å²) in [6, 6.07) is 14.7. The maximum atomic E-state index is 12.0. The molecule has 1 nitrogen and oxygen atoms in total. The topological polar surface area (TPSA) is 9.23 Å². The Kier molecular flexibility index (Phi) is 3.42. The van der Waals surface area contributed by atoms with Crippen LogP contribution < -0.4 is 4.74 Å². The number of halogens is 2. The summed E-state index contributed by atoms with van der Waals surface area (Å²) >= 11 is 6.07. The molecule has 16 heavy (non-hydrogen) atoms. The monoisotopic (exact) mass is 236 g/mol. The lowest BCUT2D eigenvalue weighted by Crippen LogP contribution is -1.90. The molecule has 0 aliphatic heterocycles. The minimum Gasteiger partial charge on any atom is -0.463 e. The van der Waals surface area contributed by atoms with Crippen LogP contribution in [0.3, 0.4) is 0 Å². The summed E-state index contributed by atoms with van der Waals surface area (Å²) in [6.45, 7) is -0.827. The summed E-state index contributed by atoms with van der Waals surface area (Å²) in [4.78, 5) is 0. The third kappa shape index (κ3) is 2.34. The molecule has 0 spiro atoms. The van der Waals surface area contributed by atoms with Crippen molar-refractivity contribution in [2.75, 3.05) is 6.86 Å². The van der Waals surface area contributed by atoms with Crippen LogP contribution in [0.2, 0.25) is 5.02 Å². The summed E-state index contributed by atoms with van der Waals surface area (Å²) in [7, 11) is 0. The maximum absolute atomic E-state index is 12.0. The Labute approximate surface area is 98.4 Å². The molecule has 0 atom stereocenters. The summed E-state index contributed by atoms with van der Waals surface area (Å²) in [5.74, 6) is 0.500. The molecule has 0 N–H and O–H groups in total. The normalized spacial score (nSPS) is 10.1. The SMILES string of the molecule is FCOc1cccc(-c2ccccc2Cl)c1.